The molecule has 5 nitrogen and oxygen atoms in total. The maximum Gasteiger partial charge on any atom is 0.239 e. The number of carbonyl (C=O) groups is 2. The first-order valence-corrected chi connectivity index (χ1v) is 10.5. The standard InChI is InChI=1S/C24H30N2O3/c1-19-11-8-9-15-21(19)29-24-17-23(28)26(24)18-22(27)25-16-10-3-2-5-12-20-13-6-4-7-14-20/h4,6-9,11,13-15,24H,2-3,5,10,12,16-18H2,1H3,(H,25,27). The molecule has 154 valence electrons. The molecule has 0 aliphatic carbocycles. The Labute approximate surface area is 173 Å². The molecular weight excluding hydrogens is 364 g/mol. The number of nitrogens with zero attached hydrogens (tertiary/aromatic N) is 1. The maximum absolute atomic E-state index is 12.2. The van der Waals surface area contributed by atoms with Crippen LogP contribution in [0.3, 0.4) is 0 Å². The predicted octanol–water partition coefficient (Wildman–Crippen LogP) is 3.85. The molecule has 1 N–H and O–H groups in total. The van der Waals surface area contributed by atoms with E-state index >= 15 is 0 Å². The minimum Gasteiger partial charge on any atom is -0.470 e. The van der Waals surface area contributed by atoms with Gasteiger partial charge in [0.1, 0.15) is 12.3 Å². The molecule has 0 radical (unpaired) electrons. The molecule has 1 atom stereocenters. The number of carbonyl (C=O) groups excluding carboxylic acids is 2. The quantitative estimate of drug-likeness (QED) is 0.465. The van der Waals surface area contributed by atoms with Crippen molar-refractivity contribution in [2.24, 2.45) is 0 Å². The van der Waals surface area contributed by atoms with E-state index < -0.39 is 0 Å². The van der Waals surface area contributed by atoms with Gasteiger partial charge in [-0.3, -0.25) is 14.5 Å². The first kappa shape index (κ1) is 20.9. The van der Waals surface area contributed by atoms with E-state index in [1.54, 1.807) is 0 Å². The van der Waals surface area contributed by atoms with E-state index in [9.17, 15) is 9.59 Å². The highest BCUT2D eigenvalue weighted by molar-refractivity contribution is 5.88. The van der Waals surface area contributed by atoms with Crippen LogP contribution in [0.1, 0.15) is 43.2 Å². The van der Waals surface area contributed by atoms with Gasteiger partial charge in [-0.1, -0.05) is 61.4 Å². The number of nitrogens with one attached hydrogen (secondary N) is 1. The van der Waals surface area contributed by atoms with Gasteiger partial charge in [0.05, 0.1) is 6.42 Å². The molecule has 29 heavy (non-hydrogen) atoms. The van der Waals surface area contributed by atoms with Crippen molar-refractivity contribution in [3.05, 3.63) is 65.7 Å². The number of amides is 2. The van der Waals surface area contributed by atoms with Crippen LogP contribution >= 0.6 is 0 Å². The number of rotatable bonds is 11. The highest BCUT2D eigenvalue weighted by Crippen LogP contribution is 2.25. The normalized spacial score (nSPS) is 15.7. The largest absolute Gasteiger partial charge is 0.470 e. The summed E-state index contributed by atoms with van der Waals surface area (Å²) in [6.07, 6.45) is 5.44. The number of benzene rings is 2. The molecule has 1 saturated heterocycles. The van der Waals surface area contributed by atoms with Gasteiger partial charge in [-0.15, -0.1) is 0 Å². The van der Waals surface area contributed by atoms with E-state index in [0.717, 1.165) is 43.4 Å². The molecule has 3 rings (SSSR count). The Hall–Kier alpha value is -2.82. The van der Waals surface area contributed by atoms with Crippen molar-refractivity contribution >= 4 is 11.8 Å². The summed E-state index contributed by atoms with van der Waals surface area (Å²) in [5, 5.41) is 2.92. The fraction of sp³-hybridized carbons (Fsp3) is 0.417. The molecule has 0 aromatic heterocycles. The smallest absolute Gasteiger partial charge is 0.239 e. The molecule has 0 bridgehead atoms. The SMILES string of the molecule is Cc1ccccc1OC1CC(=O)N1CC(=O)NCCCCCCc1ccccc1. The van der Waals surface area contributed by atoms with Crippen LogP contribution in [0.4, 0.5) is 0 Å². The van der Waals surface area contributed by atoms with Crippen molar-refractivity contribution < 1.29 is 14.3 Å². The van der Waals surface area contributed by atoms with Crippen LogP contribution in [-0.2, 0) is 16.0 Å². The zero-order chi connectivity index (χ0) is 20.5. The number of likely N-dealkylation sites (tertiary alicyclic amines) is 1. The van der Waals surface area contributed by atoms with Crippen molar-refractivity contribution in [3.8, 4) is 5.75 Å². The lowest BCUT2D eigenvalue weighted by Gasteiger charge is -2.39. The molecule has 0 spiro atoms. The molecule has 1 fully saturated rings. The van der Waals surface area contributed by atoms with Crippen LogP contribution in [0.5, 0.6) is 5.75 Å². The van der Waals surface area contributed by atoms with Gasteiger partial charge in [0.2, 0.25) is 11.8 Å². The summed E-state index contributed by atoms with van der Waals surface area (Å²) in [6, 6.07) is 18.2. The number of hydrogen-bond donors (Lipinski definition) is 1. The minimum absolute atomic E-state index is 0.0420. The van der Waals surface area contributed by atoms with Crippen molar-refractivity contribution in [1.82, 2.24) is 10.2 Å². The van der Waals surface area contributed by atoms with Crippen LogP contribution in [0.25, 0.3) is 0 Å². The van der Waals surface area contributed by atoms with Crippen molar-refractivity contribution in [2.45, 2.75) is 51.7 Å². The number of hydrogen-bond acceptors (Lipinski definition) is 3. The van der Waals surface area contributed by atoms with Gasteiger partial charge in [0.15, 0.2) is 6.23 Å². The van der Waals surface area contributed by atoms with Crippen LogP contribution in [0, 0.1) is 6.92 Å². The molecule has 1 heterocycles. The van der Waals surface area contributed by atoms with Crippen LogP contribution in [0.15, 0.2) is 54.6 Å². The number of unbranched alkanes of at least 4 members (excludes halogenated alkanes) is 3. The van der Waals surface area contributed by atoms with E-state index in [4.69, 9.17) is 4.74 Å². The number of para-hydroxylation sites is 1. The first-order valence-electron chi connectivity index (χ1n) is 10.5. The van der Waals surface area contributed by atoms with Gasteiger partial charge in [0, 0.05) is 6.54 Å². The highest BCUT2D eigenvalue weighted by Gasteiger charge is 2.39. The van der Waals surface area contributed by atoms with E-state index in [2.05, 4.69) is 29.6 Å². The van der Waals surface area contributed by atoms with Gasteiger partial charge < -0.3 is 10.1 Å². The summed E-state index contributed by atoms with van der Waals surface area (Å²) >= 11 is 0. The van der Waals surface area contributed by atoms with Gasteiger partial charge >= 0.3 is 0 Å². The van der Waals surface area contributed by atoms with Gasteiger partial charge in [-0.05, 0) is 43.4 Å². The molecule has 2 aromatic rings. The Morgan fingerprint density at radius 2 is 1.76 bits per heavy atom. The average molecular weight is 395 g/mol. The molecule has 5 heteroatoms. The second-order valence-electron chi connectivity index (χ2n) is 7.56. The summed E-state index contributed by atoms with van der Waals surface area (Å²) in [6.45, 7) is 2.67. The van der Waals surface area contributed by atoms with E-state index in [-0.39, 0.29) is 24.6 Å². The molecule has 2 amide bonds. The third kappa shape index (κ3) is 6.34. The maximum atomic E-state index is 12.2. The Morgan fingerprint density at radius 3 is 2.52 bits per heavy atom. The Bertz CT molecular complexity index is 807. The molecule has 0 saturated carbocycles. The topological polar surface area (TPSA) is 58.6 Å². The third-order valence-electron chi connectivity index (χ3n) is 5.24. The van der Waals surface area contributed by atoms with Crippen LogP contribution in [0.2, 0.25) is 0 Å². The molecule has 1 aliphatic rings. The van der Waals surface area contributed by atoms with Gasteiger partial charge in [-0.25, -0.2) is 0 Å². The zero-order valence-electron chi connectivity index (χ0n) is 17.1. The van der Waals surface area contributed by atoms with Crippen molar-refractivity contribution in [2.75, 3.05) is 13.1 Å². The predicted molar refractivity (Wildman–Crippen MR) is 114 cm³/mol. The molecule has 1 aliphatic heterocycles. The van der Waals surface area contributed by atoms with Crippen molar-refractivity contribution in [1.29, 1.82) is 0 Å². The Morgan fingerprint density at radius 1 is 1.03 bits per heavy atom. The summed E-state index contributed by atoms with van der Waals surface area (Å²) in [4.78, 5) is 25.6. The summed E-state index contributed by atoms with van der Waals surface area (Å²) in [7, 11) is 0. The first-order chi connectivity index (χ1) is 14.1. The van der Waals surface area contributed by atoms with E-state index in [1.807, 2.05) is 37.3 Å². The second kappa shape index (κ2) is 10.6. The van der Waals surface area contributed by atoms with Gasteiger partial charge in [0.25, 0.3) is 0 Å². The average Bonchev–Trinajstić information content (AvgIpc) is 2.73. The molecule has 2 aromatic carbocycles. The molecule has 1 unspecified atom stereocenters. The number of β-lactam (4-membered cyclic amide) rings is 1. The fourth-order valence-electron chi connectivity index (χ4n) is 3.45. The van der Waals surface area contributed by atoms with E-state index in [0.29, 0.717) is 13.0 Å². The number of aryl methyl sites for hydroxylation is 2. The third-order valence-corrected chi connectivity index (χ3v) is 5.24. The Balaban J connectivity index is 1.29. The number of ether oxygens (including phenoxy) is 1. The minimum atomic E-state index is -0.354. The van der Waals surface area contributed by atoms with Gasteiger partial charge in [-0.2, -0.15) is 0 Å². The summed E-state index contributed by atoms with van der Waals surface area (Å²) < 4.78 is 5.90. The van der Waals surface area contributed by atoms with Crippen LogP contribution < -0.4 is 10.1 Å². The fourth-order valence-corrected chi connectivity index (χ4v) is 3.45. The lowest BCUT2D eigenvalue weighted by Crippen LogP contribution is -2.58. The lowest BCUT2D eigenvalue weighted by molar-refractivity contribution is -0.163. The summed E-state index contributed by atoms with van der Waals surface area (Å²) in [5.74, 6) is 0.589. The van der Waals surface area contributed by atoms with E-state index in [1.165, 1.54) is 10.5 Å². The molecular formula is C24H30N2O3. The highest BCUT2D eigenvalue weighted by atomic mass is 16.5. The van der Waals surface area contributed by atoms with Crippen molar-refractivity contribution in [3.63, 3.8) is 0 Å². The monoisotopic (exact) mass is 394 g/mol. The Kier molecular flexibility index (Phi) is 7.68. The zero-order valence-corrected chi connectivity index (χ0v) is 17.1. The second-order valence-corrected chi connectivity index (χ2v) is 7.56. The summed E-state index contributed by atoms with van der Waals surface area (Å²) in [5.41, 5.74) is 2.39. The lowest BCUT2D eigenvalue weighted by atomic mass is 10.1. The van der Waals surface area contributed by atoms with Crippen LogP contribution in [-0.4, -0.2) is 36.0 Å².